The van der Waals surface area contributed by atoms with Crippen molar-refractivity contribution in [3.05, 3.63) is 68.7 Å². The van der Waals surface area contributed by atoms with Crippen LogP contribution in [0.1, 0.15) is 10.4 Å². The fraction of sp³-hybridized carbons (Fsp3) is 0. The van der Waals surface area contributed by atoms with Crippen LogP contribution in [0.4, 0.5) is 5.95 Å². The number of nitrogens with zero attached hydrogens (tertiary/aromatic N) is 1. The predicted molar refractivity (Wildman–Crippen MR) is 89.2 cm³/mol. The van der Waals surface area contributed by atoms with E-state index in [0.717, 1.165) is 11.0 Å². The first-order valence-corrected chi connectivity index (χ1v) is 7.12. The van der Waals surface area contributed by atoms with Crippen LogP contribution < -0.4 is 16.4 Å². The van der Waals surface area contributed by atoms with E-state index in [0.29, 0.717) is 22.5 Å². The number of benzene rings is 2. The Bertz CT molecular complexity index is 1170. The van der Waals surface area contributed by atoms with Crippen LogP contribution in [0, 0.1) is 0 Å². The Morgan fingerprint density at radius 2 is 1.62 bits per heavy atom. The van der Waals surface area contributed by atoms with E-state index in [1.165, 1.54) is 6.07 Å². The summed E-state index contributed by atoms with van der Waals surface area (Å²) in [4.78, 5) is 47.2. The largest absolute Gasteiger partial charge is 0.324 e. The zero-order chi connectivity index (χ0) is 16.7. The molecule has 2 aromatic carbocycles. The standard InChI is InChI=1S/C16H11N5O3/c22-13(21-16-19-9-3-1-2-4-10(9)20-16)8-5-6-11-12(7-8)18-15(24)14(23)17-11/h1-7H,(H,17,23)(H,18,24)(H2,19,20,21,22). The van der Waals surface area contributed by atoms with Crippen LogP contribution in [0.2, 0.25) is 0 Å². The molecule has 0 aliphatic heterocycles. The first-order chi connectivity index (χ1) is 11.6. The van der Waals surface area contributed by atoms with Gasteiger partial charge in [0.2, 0.25) is 5.95 Å². The number of imidazole rings is 1. The second-order valence-corrected chi connectivity index (χ2v) is 5.23. The summed E-state index contributed by atoms with van der Waals surface area (Å²) in [5.74, 6) is -0.0562. The van der Waals surface area contributed by atoms with Crippen LogP contribution in [-0.2, 0) is 0 Å². The number of carbonyl (C=O) groups is 1. The normalized spacial score (nSPS) is 11.0. The maximum absolute atomic E-state index is 12.4. The molecule has 0 aliphatic rings. The number of H-pyrrole nitrogens is 3. The van der Waals surface area contributed by atoms with Gasteiger partial charge in [-0.15, -0.1) is 0 Å². The lowest BCUT2D eigenvalue weighted by atomic mass is 10.2. The minimum Gasteiger partial charge on any atom is -0.324 e. The Balaban J connectivity index is 1.68. The van der Waals surface area contributed by atoms with Crippen molar-refractivity contribution in [1.29, 1.82) is 0 Å². The van der Waals surface area contributed by atoms with E-state index in [-0.39, 0.29) is 5.91 Å². The van der Waals surface area contributed by atoms with Gasteiger partial charge < -0.3 is 15.0 Å². The van der Waals surface area contributed by atoms with Crippen LogP contribution in [0.25, 0.3) is 22.1 Å². The number of hydrogen-bond acceptors (Lipinski definition) is 4. The summed E-state index contributed by atoms with van der Waals surface area (Å²) in [5, 5.41) is 2.67. The van der Waals surface area contributed by atoms with Crippen molar-refractivity contribution in [2.45, 2.75) is 0 Å². The highest BCUT2D eigenvalue weighted by molar-refractivity contribution is 6.05. The van der Waals surface area contributed by atoms with E-state index >= 15 is 0 Å². The van der Waals surface area contributed by atoms with Gasteiger partial charge in [-0.2, -0.15) is 0 Å². The first kappa shape index (κ1) is 13.9. The first-order valence-electron chi connectivity index (χ1n) is 7.12. The zero-order valence-corrected chi connectivity index (χ0v) is 12.2. The quantitative estimate of drug-likeness (QED) is 0.416. The molecule has 0 atom stereocenters. The van der Waals surface area contributed by atoms with Crippen LogP contribution in [0.15, 0.2) is 52.1 Å². The number of carbonyl (C=O) groups excluding carboxylic acids is 1. The topological polar surface area (TPSA) is 123 Å². The third kappa shape index (κ3) is 2.35. The number of para-hydroxylation sites is 2. The van der Waals surface area contributed by atoms with Crippen molar-refractivity contribution >= 4 is 33.9 Å². The molecular weight excluding hydrogens is 310 g/mol. The number of amides is 1. The molecule has 0 unspecified atom stereocenters. The molecule has 0 saturated heterocycles. The molecule has 0 fully saturated rings. The molecule has 0 saturated carbocycles. The van der Waals surface area contributed by atoms with Crippen LogP contribution >= 0.6 is 0 Å². The van der Waals surface area contributed by atoms with Crippen molar-refractivity contribution in [2.75, 3.05) is 5.32 Å². The molecule has 118 valence electrons. The lowest BCUT2D eigenvalue weighted by Gasteiger charge is -2.03. The fourth-order valence-corrected chi connectivity index (χ4v) is 2.45. The predicted octanol–water partition coefficient (Wildman–Crippen LogP) is 1.34. The third-order valence-electron chi connectivity index (χ3n) is 3.61. The average molecular weight is 321 g/mol. The summed E-state index contributed by atoms with van der Waals surface area (Å²) in [6.45, 7) is 0. The second-order valence-electron chi connectivity index (χ2n) is 5.23. The second kappa shape index (κ2) is 5.20. The molecule has 4 aromatic rings. The monoisotopic (exact) mass is 321 g/mol. The molecule has 8 heteroatoms. The van der Waals surface area contributed by atoms with Crippen LogP contribution in [-0.4, -0.2) is 25.8 Å². The zero-order valence-electron chi connectivity index (χ0n) is 12.2. The van der Waals surface area contributed by atoms with Gasteiger partial charge in [0.1, 0.15) is 0 Å². The summed E-state index contributed by atoms with van der Waals surface area (Å²) in [6.07, 6.45) is 0. The summed E-state index contributed by atoms with van der Waals surface area (Å²) in [5.41, 5.74) is 1.20. The smallest absolute Gasteiger partial charge is 0.314 e. The molecule has 1 amide bonds. The fourth-order valence-electron chi connectivity index (χ4n) is 2.45. The molecule has 0 bridgehead atoms. The minimum absolute atomic E-state index is 0.325. The van der Waals surface area contributed by atoms with Gasteiger partial charge >= 0.3 is 11.1 Å². The van der Waals surface area contributed by atoms with Gasteiger partial charge in [0.05, 0.1) is 22.1 Å². The molecule has 24 heavy (non-hydrogen) atoms. The summed E-state index contributed by atoms with van der Waals surface area (Å²) in [6, 6.07) is 12.0. The summed E-state index contributed by atoms with van der Waals surface area (Å²) < 4.78 is 0. The van der Waals surface area contributed by atoms with E-state index < -0.39 is 11.1 Å². The van der Waals surface area contributed by atoms with Crippen LogP contribution in [0.3, 0.4) is 0 Å². The lowest BCUT2D eigenvalue weighted by molar-refractivity contribution is 0.102. The van der Waals surface area contributed by atoms with Crippen molar-refractivity contribution in [3.8, 4) is 0 Å². The number of anilines is 1. The minimum atomic E-state index is -0.766. The van der Waals surface area contributed by atoms with Crippen molar-refractivity contribution in [2.24, 2.45) is 0 Å². The number of nitrogens with one attached hydrogen (secondary N) is 4. The Labute approximate surface area is 133 Å². The highest BCUT2D eigenvalue weighted by atomic mass is 16.2. The summed E-state index contributed by atoms with van der Waals surface area (Å²) >= 11 is 0. The van der Waals surface area contributed by atoms with Gasteiger partial charge in [-0.25, -0.2) is 4.98 Å². The van der Waals surface area contributed by atoms with E-state index in [1.807, 2.05) is 24.3 Å². The van der Waals surface area contributed by atoms with Gasteiger partial charge in [0.25, 0.3) is 5.91 Å². The van der Waals surface area contributed by atoms with Gasteiger partial charge in [0.15, 0.2) is 0 Å². The number of aromatic nitrogens is 4. The SMILES string of the molecule is O=C(Nc1nc2ccccc2[nH]1)c1ccc2[nH]c(=O)c(=O)[nH]c2c1. The van der Waals surface area contributed by atoms with Gasteiger partial charge in [-0.1, -0.05) is 12.1 Å². The van der Waals surface area contributed by atoms with E-state index in [1.54, 1.807) is 12.1 Å². The molecule has 4 N–H and O–H groups in total. The maximum Gasteiger partial charge on any atom is 0.314 e. The van der Waals surface area contributed by atoms with Gasteiger partial charge in [-0.3, -0.25) is 19.7 Å². The Morgan fingerprint density at radius 1 is 0.875 bits per heavy atom. The summed E-state index contributed by atoms with van der Waals surface area (Å²) in [7, 11) is 0. The number of fused-ring (bicyclic) bond motifs is 2. The molecule has 0 radical (unpaired) electrons. The number of hydrogen-bond donors (Lipinski definition) is 4. The highest BCUT2D eigenvalue weighted by Crippen LogP contribution is 2.15. The van der Waals surface area contributed by atoms with Crippen LogP contribution in [0.5, 0.6) is 0 Å². The number of rotatable bonds is 2. The van der Waals surface area contributed by atoms with Crippen molar-refractivity contribution < 1.29 is 4.79 Å². The molecule has 4 rings (SSSR count). The number of aromatic amines is 3. The third-order valence-corrected chi connectivity index (χ3v) is 3.61. The molecule has 8 nitrogen and oxygen atoms in total. The average Bonchev–Trinajstić information content (AvgIpc) is 2.97. The van der Waals surface area contributed by atoms with Gasteiger partial charge in [0, 0.05) is 5.56 Å². The van der Waals surface area contributed by atoms with E-state index in [9.17, 15) is 14.4 Å². The van der Waals surface area contributed by atoms with Crippen molar-refractivity contribution in [3.63, 3.8) is 0 Å². The molecule has 0 aliphatic carbocycles. The van der Waals surface area contributed by atoms with E-state index in [4.69, 9.17) is 0 Å². The maximum atomic E-state index is 12.4. The Morgan fingerprint density at radius 3 is 2.42 bits per heavy atom. The van der Waals surface area contributed by atoms with Crippen molar-refractivity contribution in [1.82, 2.24) is 19.9 Å². The Kier molecular flexibility index (Phi) is 3.02. The molecule has 2 aromatic heterocycles. The molecular formula is C16H11N5O3. The van der Waals surface area contributed by atoms with E-state index in [2.05, 4.69) is 25.3 Å². The lowest BCUT2D eigenvalue weighted by Crippen LogP contribution is -2.29. The molecule has 2 heterocycles. The van der Waals surface area contributed by atoms with Gasteiger partial charge in [-0.05, 0) is 30.3 Å². The Hall–Kier alpha value is -3.68. The highest BCUT2D eigenvalue weighted by Gasteiger charge is 2.10. The molecule has 0 spiro atoms.